The van der Waals surface area contributed by atoms with Gasteiger partial charge in [-0.05, 0) is 66.1 Å². The lowest BCUT2D eigenvalue weighted by atomic mass is 10.0. The summed E-state index contributed by atoms with van der Waals surface area (Å²) in [5.41, 5.74) is 1.60. The highest BCUT2D eigenvalue weighted by Crippen LogP contribution is 2.31. The number of aromatic nitrogens is 6. The van der Waals surface area contributed by atoms with Gasteiger partial charge in [-0.1, -0.05) is 23.4 Å². The molecule has 0 aliphatic carbocycles. The van der Waals surface area contributed by atoms with Gasteiger partial charge < -0.3 is 14.2 Å². The van der Waals surface area contributed by atoms with Crippen LogP contribution in [0.3, 0.4) is 0 Å². The van der Waals surface area contributed by atoms with E-state index in [1.54, 1.807) is 9.58 Å². The van der Waals surface area contributed by atoms with Crippen LogP contribution in [0.2, 0.25) is 0 Å². The Morgan fingerprint density at radius 2 is 1.94 bits per heavy atom. The zero-order valence-electron chi connectivity index (χ0n) is 17.2. The van der Waals surface area contributed by atoms with Crippen molar-refractivity contribution in [2.45, 2.75) is 25.3 Å². The fourth-order valence-electron chi connectivity index (χ4n) is 3.77. The van der Waals surface area contributed by atoms with Crippen LogP contribution >= 0.6 is 0 Å². The number of benzene rings is 2. The largest absolute Gasteiger partial charge is 0.484 e. The molecule has 2 aromatic carbocycles. The highest BCUT2D eigenvalue weighted by atomic mass is 16.5. The number of carbonyl (C=O) groups is 1. The van der Waals surface area contributed by atoms with Gasteiger partial charge in [0.25, 0.3) is 11.8 Å². The zero-order chi connectivity index (χ0) is 21.8. The van der Waals surface area contributed by atoms with Gasteiger partial charge in [0.2, 0.25) is 0 Å². The lowest BCUT2D eigenvalue weighted by molar-refractivity contribution is -0.137. The Labute approximate surface area is 183 Å². The Morgan fingerprint density at radius 1 is 1.09 bits per heavy atom. The number of para-hydroxylation sites is 1. The van der Waals surface area contributed by atoms with E-state index in [9.17, 15) is 4.79 Å². The number of amides is 1. The molecule has 1 fully saturated rings. The van der Waals surface area contributed by atoms with Crippen LogP contribution in [0.15, 0.2) is 65.4 Å². The minimum absolute atomic E-state index is 0.0240. The van der Waals surface area contributed by atoms with Crippen molar-refractivity contribution >= 4 is 5.91 Å². The molecule has 32 heavy (non-hydrogen) atoms. The SMILES string of the molecule is O=C(COc1ccccc1)N1CCCC[C@@H]1c1noc(-c2ccc(-n3cnnn3)cc2)n1. The first kappa shape index (κ1) is 19.9. The second-order valence-corrected chi connectivity index (χ2v) is 7.46. The Kier molecular flexibility index (Phi) is 5.56. The van der Waals surface area contributed by atoms with Crippen molar-refractivity contribution in [2.75, 3.05) is 13.2 Å². The fraction of sp³-hybridized carbons (Fsp3) is 0.273. The predicted octanol–water partition coefficient (Wildman–Crippen LogP) is 2.84. The molecule has 10 nitrogen and oxygen atoms in total. The maximum absolute atomic E-state index is 12.9. The second kappa shape index (κ2) is 8.96. The van der Waals surface area contributed by atoms with E-state index in [1.165, 1.54) is 6.33 Å². The van der Waals surface area contributed by atoms with Crippen LogP contribution in [0.1, 0.15) is 31.1 Å². The third-order valence-corrected chi connectivity index (χ3v) is 5.40. The molecule has 0 bridgehead atoms. The molecule has 5 rings (SSSR count). The average molecular weight is 431 g/mol. The molecule has 4 aromatic rings. The normalized spacial score (nSPS) is 16.1. The third-order valence-electron chi connectivity index (χ3n) is 5.40. The molecular formula is C22H21N7O3. The summed E-state index contributed by atoms with van der Waals surface area (Å²) in [6, 6.07) is 16.6. The van der Waals surface area contributed by atoms with Crippen LogP contribution in [-0.2, 0) is 4.79 Å². The number of ether oxygens (including phenoxy) is 1. The number of carbonyl (C=O) groups excluding carboxylic acids is 1. The molecule has 0 spiro atoms. The number of piperidine rings is 1. The molecule has 1 amide bonds. The monoisotopic (exact) mass is 431 g/mol. The summed E-state index contributed by atoms with van der Waals surface area (Å²) in [5, 5.41) is 15.3. The summed E-state index contributed by atoms with van der Waals surface area (Å²) in [6.45, 7) is 0.621. The first-order valence-electron chi connectivity index (χ1n) is 10.4. The van der Waals surface area contributed by atoms with Gasteiger partial charge >= 0.3 is 0 Å². The molecule has 1 aliphatic heterocycles. The van der Waals surface area contributed by atoms with Crippen molar-refractivity contribution < 1.29 is 14.1 Å². The fourth-order valence-corrected chi connectivity index (χ4v) is 3.77. The van der Waals surface area contributed by atoms with Gasteiger partial charge in [0.1, 0.15) is 12.1 Å². The summed E-state index contributed by atoms with van der Waals surface area (Å²) in [4.78, 5) is 19.3. The Morgan fingerprint density at radius 3 is 2.72 bits per heavy atom. The van der Waals surface area contributed by atoms with Crippen molar-refractivity contribution in [2.24, 2.45) is 0 Å². The molecule has 3 heterocycles. The van der Waals surface area contributed by atoms with Crippen LogP contribution in [-0.4, -0.2) is 54.3 Å². The number of hydrogen-bond donors (Lipinski definition) is 0. The van der Waals surface area contributed by atoms with E-state index >= 15 is 0 Å². The average Bonchev–Trinajstić information content (AvgIpc) is 3.56. The van der Waals surface area contributed by atoms with Gasteiger partial charge in [0.15, 0.2) is 12.4 Å². The molecular weight excluding hydrogens is 410 g/mol. The van der Waals surface area contributed by atoms with Crippen molar-refractivity contribution in [1.29, 1.82) is 0 Å². The number of nitrogens with zero attached hydrogens (tertiary/aromatic N) is 7. The van der Waals surface area contributed by atoms with Crippen LogP contribution in [0.4, 0.5) is 0 Å². The lowest BCUT2D eigenvalue weighted by Gasteiger charge is -2.33. The van der Waals surface area contributed by atoms with Crippen molar-refractivity contribution in [3.63, 3.8) is 0 Å². The van der Waals surface area contributed by atoms with E-state index in [2.05, 4.69) is 25.7 Å². The van der Waals surface area contributed by atoms with Gasteiger partial charge in [-0.25, -0.2) is 4.68 Å². The van der Waals surface area contributed by atoms with Crippen molar-refractivity contribution in [3.8, 4) is 22.9 Å². The van der Waals surface area contributed by atoms with Crippen LogP contribution in [0, 0.1) is 0 Å². The minimum atomic E-state index is -0.228. The molecule has 2 aromatic heterocycles. The molecule has 0 radical (unpaired) electrons. The first-order chi connectivity index (χ1) is 15.8. The lowest BCUT2D eigenvalue weighted by Crippen LogP contribution is -2.41. The number of hydrogen-bond acceptors (Lipinski definition) is 8. The second-order valence-electron chi connectivity index (χ2n) is 7.46. The van der Waals surface area contributed by atoms with Crippen LogP contribution in [0.5, 0.6) is 5.75 Å². The van der Waals surface area contributed by atoms with E-state index in [4.69, 9.17) is 9.26 Å². The highest BCUT2D eigenvalue weighted by Gasteiger charge is 2.31. The third kappa shape index (κ3) is 4.20. The number of likely N-dealkylation sites (tertiary alicyclic amines) is 1. The summed E-state index contributed by atoms with van der Waals surface area (Å²) < 4.78 is 12.7. The van der Waals surface area contributed by atoms with E-state index in [0.717, 1.165) is 30.5 Å². The Hall–Kier alpha value is -4.08. The smallest absolute Gasteiger partial charge is 0.261 e. The predicted molar refractivity (Wildman–Crippen MR) is 113 cm³/mol. The van der Waals surface area contributed by atoms with Crippen LogP contribution < -0.4 is 4.74 Å². The van der Waals surface area contributed by atoms with E-state index in [0.29, 0.717) is 24.0 Å². The Bertz CT molecular complexity index is 1160. The minimum Gasteiger partial charge on any atom is -0.484 e. The molecule has 1 aliphatic rings. The van der Waals surface area contributed by atoms with E-state index in [1.807, 2.05) is 54.6 Å². The van der Waals surface area contributed by atoms with Gasteiger partial charge in [0.05, 0.1) is 11.7 Å². The molecule has 0 N–H and O–H groups in total. The number of rotatable bonds is 6. The summed E-state index contributed by atoms with van der Waals surface area (Å²) in [7, 11) is 0. The van der Waals surface area contributed by atoms with Crippen molar-refractivity contribution in [3.05, 3.63) is 66.7 Å². The topological polar surface area (TPSA) is 112 Å². The molecule has 162 valence electrons. The molecule has 0 saturated carbocycles. The molecule has 10 heteroatoms. The van der Waals surface area contributed by atoms with Gasteiger partial charge in [-0.15, -0.1) is 5.10 Å². The van der Waals surface area contributed by atoms with Crippen LogP contribution in [0.25, 0.3) is 17.1 Å². The van der Waals surface area contributed by atoms with Crippen molar-refractivity contribution in [1.82, 2.24) is 35.2 Å². The summed E-state index contributed by atoms with van der Waals surface area (Å²) >= 11 is 0. The summed E-state index contributed by atoms with van der Waals surface area (Å²) in [6.07, 6.45) is 4.25. The molecule has 0 unspecified atom stereocenters. The quantitative estimate of drug-likeness (QED) is 0.458. The highest BCUT2D eigenvalue weighted by molar-refractivity contribution is 5.78. The Balaban J connectivity index is 1.29. The maximum atomic E-state index is 12.9. The van der Waals surface area contributed by atoms with E-state index < -0.39 is 0 Å². The standard InChI is InChI=1S/C22H21N7O3/c30-20(14-31-18-6-2-1-3-7-18)28-13-5-4-8-19(28)21-24-22(32-25-21)16-9-11-17(12-10-16)29-15-23-26-27-29/h1-3,6-7,9-12,15,19H,4-5,8,13-14H2/t19-/m1/s1. The van der Waals surface area contributed by atoms with Gasteiger partial charge in [-0.2, -0.15) is 4.98 Å². The molecule has 1 saturated heterocycles. The van der Waals surface area contributed by atoms with Gasteiger partial charge in [0, 0.05) is 12.1 Å². The maximum Gasteiger partial charge on any atom is 0.261 e. The van der Waals surface area contributed by atoms with E-state index in [-0.39, 0.29) is 18.6 Å². The zero-order valence-corrected chi connectivity index (χ0v) is 17.2. The number of tetrazole rings is 1. The van der Waals surface area contributed by atoms with Gasteiger partial charge in [-0.3, -0.25) is 4.79 Å². The molecule has 1 atom stereocenters. The first-order valence-corrected chi connectivity index (χ1v) is 10.4. The summed E-state index contributed by atoms with van der Waals surface area (Å²) in [5.74, 6) is 1.50.